The van der Waals surface area contributed by atoms with E-state index in [-0.39, 0.29) is 12.4 Å². The molecule has 3 nitrogen and oxygen atoms in total. The molecule has 124 valence electrons. The summed E-state index contributed by atoms with van der Waals surface area (Å²) in [5, 5.41) is 3.52. The minimum Gasteiger partial charge on any atom is -0.493 e. The van der Waals surface area contributed by atoms with Crippen LogP contribution < -0.4 is 14.8 Å². The van der Waals surface area contributed by atoms with E-state index in [1.165, 1.54) is 37.7 Å². The summed E-state index contributed by atoms with van der Waals surface area (Å²) in [6, 6.07) is 6.13. The van der Waals surface area contributed by atoms with Crippen molar-refractivity contribution >= 4 is 12.4 Å². The number of ether oxygens (including phenoxy) is 2. The number of hydrogen-bond acceptors (Lipinski definition) is 3. The highest BCUT2D eigenvalue weighted by Gasteiger charge is 2.06. The minimum absolute atomic E-state index is 0. The molecule has 0 amide bonds. The van der Waals surface area contributed by atoms with Crippen molar-refractivity contribution in [3.05, 3.63) is 35.4 Å². The molecule has 1 aromatic carbocycles. The lowest BCUT2D eigenvalue weighted by Gasteiger charge is -2.14. The molecule has 0 fully saturated rings. The highest BCUT2D eigenvalue weighted by Crippen LogP contribution is 2.28. The zero-order valence-corrected chi connectivity index (χ0v) is 14.5. The summed E-state index contributed by atoms with van der Waals surface area (Å²) in [4.78, 5) is 0. The maximum atomic E-state index is 5.61. The lowest BCUT2D eigenvalue weighted by molar-refractivity contribution is 0.310. The maximum absolute atomic E-state index is 5.61. The normalized spacial score (nSPS) is 14.0. The molecule has 0 saturated heterocycles. The molecule has 22 heavy (non-hydrogen) atoms. The molecule has 0 heterocycles. The third kappa shape index (κ3) is 5.90. The molecule has 1 aromatic rings. The highest BCUT2D eigenvalue weighted by atomic mass is 35.5. The third-order valence-electron chi connectivity index (χ3n) is 3.86. The number of allylic oxidation sites excluding steroid dienone is 1. The van der Waals surface area contributed by atoms with Gasteiger partial charge in [0.2, 0.25) is 0 Å². The molecule has 4 heteroatoms. The van der Waals surface area contributed by atoms with Crippen LogP contribution in [0.15, 0.2) is 29.8 Å². The third-order valence-corrected chi connectivity index (χ3v) is 3.86. The summed E-state index contributed by atoms with van der Waals surface area (Å²) in [6.07, 6.45) is 8.88. The van der Waals surface area contributed by atoms with Gasteiger partial charge in [-0.25, -0.2) is 0 Å². The van der Waals surface area contributed by atoms with Crippen molar-refractivity contribution in [3.8, 4) is 11.5 Å². The van der Waals surface area contributed by atoms with Gasteiger partial charge in [0, 0.05) is 6.54 Å². The quantitative estimate of drug-likeness (QED) is 0.564. The second-order valence-electron chi connectivity index (χ2n) is 5.45. The van der Waals surface area contributed by atoms with Crippen molar-refractivity contribution in [3.63, 3.8) is 0 Å². The lowest BCUT2D eigenvalue weighted by atomic mass is 9.97. The molecule has 0 aromatic heterocycles. The summed E-state index contributed by atoms with van der Waals surface area (Å²) >= 11 is 0. The lowest BCUT2D eigenvalue weighted by Crippen LogP contribution is -2.15. The number of halogens is 1. The van der Waals surface area contributed by atoms with Crippen LogP contribution in [0.2, 0.25) is 0 Å². The average Bonchev–Trinajstić information content (AvgIpc) is 2.53. The van der Waals surface area contributed by atoms with Gasteiger partial charge in [-0.15, -0.1) is 12.4 Å². The van der Waals surface area contributed by atoms with Crippen LogP contribution >= 0.6 is 12.4 Å². The van der Waals surface area contributed by atoms with Crippen LogP contribution in [0.1, 0.15) is 44.6 Å². The van der Waals surface area contributed by atoms with E-state index in [0.29, 0.717) is 6.61 Å². The molecule has 0 saturated carbocycles. The predicted octanol–water partition coefficient (Wildman–Crippen LogP) is 4.50. The first-order valence-electron chi connectivity index (χ1n) is 8.02. The summed E-state index contributed by atoms with van der Waals surface area (Å²) in [6.45, 7) is 4.56. The molecule has 0 unspecified atom stereocenters. The second-order valence-corrected chi connectivity index (χ2v) is 5.45. The van der Waals surface area contributed by atoms with Gasteiger partial charge in [-0.1, -0.05) is 17.7 Å². The van der Waals surface area contributed by atoms with Crippen LogP contribution in [0.5, 0.6) is 11.5 Å². The topological polar surface area (TPSA) is 30.5 Å². The van der Waals surface area contributed by atoms with Gasteiger partial charge in [-0.05, 0) is 63.3 Å². The fourth-order valence-electron chi connectivity index (χ4n) is 2.71. The molecule has 0 bridgehead atoms. The average molecular weight is 326 g/mol. The van der Waals surface area contributed by atoms with E-state index in [0.717, 1.165) is 24.6 Å². The van der Waals surface area contributed by atoms with E-state index in [4.69, 9.17) is 9.47 Å². The first-order chi connectivity index (χ1) is 10.3. The molecule has 0 radical (unpaired) electrons. The molecule has 2 rings (SSSR count). The van der Waals surface area contributed by atoms with Crippen molar-refractivity contribution < 1.29 is 9.47 Å². The number of hydrogen-bond donors (Lipinski definition) is 1. The van der Waals surface area contributed by atoms with E-state index in [1.54, 1.807) is 12.7 Å². The first kappa shape index (κ1) is 18.9. The molecule has 0 spiro atoms. The highest BCUT2D eigenvalue weighted by molar-refractivity contribution is 5.85. The van der Waals surface area contributed by atoms with Gasteiger partial charge >= 0.3 is 0 Å². The van der Waals surface area contributed by atoms with Crippen molar-refractivity contribution in [2.75, 3.05) is 20.3 Å². The molecule has 0 atom stereocenters. The standard InChI is InChI=1S/C18H27NO2.ClH/c1-3-21-18-13-16(9-10-17(18)20-2)14-19-12-11-15-7-5-4-6-8-15;/h7,9-10,13,19H,3-6,8,11-12,14H2,1-2H3;1H. The van der Waals surface area contributed by atoms with E-state index >= 15 is 0 Å². The molecular formula is C18H28ClNO2. The van der Waals surface area contributed by atoms with Gasteiger partial charge < -0.3 is 14.8 Å². The van der Waals surface area contributed by atoms with E-state index in [2.05, 4.69) is 23.5 Å². The second kappa shape index (κ2) is 10.5. The van der Waals surface area contributed by atoms with E-state index in [9.17, 15) is 0 Å². The molecule has 1 aliphatic carbocycles. The van der Waals surface area contributed by atoms with Crippen LogP contribution in [-0.2, 0) is 6.54 Å². The van der Waals surface area contributed by atoms with Gasteiger partial charge in [0.25, 0.3) is 0 Å². The first-order valence-corrected chi connectivity index (χ1v) is 8.02. The van der Waals surface area contributed by atoms with Gasteiger partial charge in [0.05, 0.1) is 13.7 Å². The minimum atomic E-state index is 0. The zero-order valence-electron chi connectivity index (χ0n) is 13.7. The number of rotatable bonds is 8. The molecule has 1 N–H and O–H groups in total. The van der Waals surface area contributed by atoms with E-state index < -0.39 is 0 Å². The Morgan fingerprint density at radius 2 is 2.05 bits per heavy atom. The van der Waals surface area contributed by atoms with Crippen LogP contribution in [0.25, 0.3) is 0 Å². The summed E-state index contributed by atoms with van der Waals surface area (Å²) < 4.78 is 10.9. The largest absolute Gasteiger partial charge is 0.493 e. The van der Waals surface area contributed by atoms with Crippen molar-refractivity contribution in [1.29, 1.82) is 0 Å². The van der Waals surface area contributed by atoms with Gasteiger partial charge in [-0.2, -0.15) is 0 Å². The Morgan fingerprint density at radius 3 is 2.73 bits per heavy atom. The fourth-order valence-corrected chi connectivity index (χ4v) is 2.71. The van der Waals surface area contributed by atoms with E-state index in [1.807, 2.05) is 13.0 Å². The van der Waals surface area contributed by atoms with Crippen LogP contribution in [0.3, 0.4) is 0 Å². The summed E-state index contributed by atoms with van der Waals surface area (Å²) in [5.74, 6) is 1.63. The Balaban J connectivity index is 0.00000242. The SMILES string of the molecule is CCOc1cc(CNCCC2=CCCCC2)ccc1OC.Cl. The van der Waals surface area contributed by atoms with Gasteiger partial charge in [0.1, 0.15) is 0 Å². The smallest absolute Gasteiger partial charge is 0.161 e. The van der Waals surface area contributed by atoms with Crippen molar-refractivity contribution in [1.82, 2.24) is 5.32 Å². The summed E-state index contributed by atoms with van der Waals surface area (Å²) in [5.41, 5.74) is 2.86. The Kier molecular flexibility index (Phi) is 9.02. The fraction of sp³-hybridized carbons (Fsp3) is 0.556. The van der Waals surface area contributed by atoms with Crippen LogP contribution in [-0.4, -0.2) is 20.3 Å². The van der Waals surface area contributed by atoms with Crippen molar-refractivity contribution in [2.24, 2.45) is 0 Å². The Morgan fingerprint density at radius 1 is 1.18 bits per heavy atom. The maximum Gasteiger partial charge on any atom is 0.161 e. The molecule has 0 aliphatic heterocycles. The van der Waals surface area contributed by atoms with Crippen LogP contribution in [0.4, 0.5) is 0 Å². The Labute approximate surface area is 140 Å². The van der Waals surface area contributed by atoms with Gasteiger partial charge in [0.15, 0.2) is 11.5 Å². The Hall–Kier alpha value is -1.19. The Bertz CT molecular complexity index is 474. The zero-order chi connectivity index (χ0) is 14.9. The number of nitrogens with one attached hydrogen (secondary N) is 1. The molecule has 1 aliphatic rings. The summed E-state index contributed by atoms with van der Waals surface area (Å²) in [7, 11) is 1.67. The number of methoxy groups -OCH3 is 1. The molecular weight excluding hydrogens is 298 g/mol. The van der Waals surface area contributed by atoms with Crippen LogP contribution in [0, 0.1) is 0 Å². The number of benzene rings is 1. The van der Waals surface area contributed by atoms with Gasteiger partial charge in [-0.3, -0.25) is 0 Å². The predicted molar refractivity (Wildman–Crippen MR) is 94.3 cm³/mol. The van der Waals surface area contributed by atoms with Crippen molar-refractivity contribution in [2.45, 2.75) is 45.6 Å². The monoisotopic (exact) mass is 325 g/mol.